The van der Waals surface area contributed by atoms with Crippen LogP contribution in [-0.4, -0.2) is 21.0 Å². The van der Waals surface area contributed by atoms with Crippen molar-refractivity contribution in [3.05, 3.63) is 57.8 Å². The second-order valence-electron chi connectivity index (χ2n) is 3.97. The van der Waals surface area contributed by atoms with Crippen molar-refractivity contribution in [2.24, 2.45) is 0 Å². The molecule has 0 aliphatic carbocycles. The molecule has 0 saturated heterocycles. The molecule has 20 heavy (non-hydrogen) atoms. The molecule has 0 unspecified atom stereocenters. The number of carboxylic acid groups (broad SMARTS) is 1. The molecular formula is C13H10N2O5. The third kappa shape index (κ3) is 2.72. The van der Waals surface area contributed by atoms with E-state index in [1.54, 1.807) is 19.1 Å². The van der Waals surface area contributed by atoms with Crippen LogP contribution >= 0.6 is 0 Å². The van der Waals surface area contributed by atoms with Gasteiger partial charge in [-0.05, 0) is 18.6 Å². The number of nitrogens with zero attached hydrogens (tertiary/aromatic N) is 2. The fourth-order valence-corrected chi connectivity index (χ4v) is 1.59. The van der Waals surface area contributed by atoms with Crippen LogP contribution in [0.2, 0.25) is 0 Å². The molecule has 1 aromatic carbocycles. The van der Waals surface area contributed by atoms with Crippen molar-refractivity contribution in [2.45, 2.75) is 6.92 Å². The number of carboxylic acids is 1. The summed E-state index contributed by atoms with van der Waals surface area (Å²) in [4.78, 5) is 24.9. The first-order chi connectivity index (χ1) is 9.49. The summed E-state index contributed by atoms with van der Waals surface area (Å²) in [5, 5.41) is 19.7. The molecule has 7 heteroatoms. The molecule has 0 spiro atoms. The number of nitro groups is 1. The molecule has 0 saturated carbocycles. The van der Waals surface area contributed by atoms with Gasteiger partial charge in [0.1, 0.15) is 0 Å². The zero-order valence-corrected chi connectivity index (χ0v) is 10.4. The number of carbonyl (C=O) groups is 1. The number of ether oxygens (including phenoxy) is 1. The summed E-state index contributed by atoms with van der Waals surface area (Å²) in [5.41, 5.74) is 0.425. The highest BCUT2D eigenvalue weighted by atomic mass is 16.6. The van der Waals surface area contributed by atoms with Crippen molar-refractivity contribution in [2.75, 3.05) is 0 Å². The second kappa shape index (κ2) is 5.35. The number of hydrogen-bond donors (Lipinski definition) is 1. The van der Waals surface area contributed by atoms with Crippen LogP contribution < -0.4 is 4.74 Å². The van der Waals surface area contributed by atoms with Crippen LogP contribution in [0.1, 0.15) is 15.9 Å². The molecule has 1 heterocycles. The fraction of sp³-hybridized carbons (Fsp3) is 0.0769. The molecule has 0 bridgehead atoms. The van der Waals surface area contributed by atoms with E-state index in [1.807, 2.05) is 0 Å². The van der Waals surface area contributed by atoms with Gasteiger partial charge in [-0.25, -0.2) is 9.78 Å². The predicted octanol–water partition coefficient (Wildman–Crippen LogP) is 2.79. The highest BCUT2D eigenvalue weighted by molar-refractivity contribution is 5.87. The molecule has 0 atom stereocenters. The zero-order valence-electron chi connectivity index (χ0n) is 10.4. The molecule has 0 radical (unpaired) electrons. The first-order valence-corrected chi connectivity index (χ1v) is 5.60. The van der Waals surface area contributed by atoms with Crippen LogP contribution in [0.3, 0.4) is 0 Å². The van der Waals surface area contributed by atoms with Gasteiger partial charge in [0, 0.05) is 18.3 Å². The van der Waals surface area contributed by atoms with E-state index >= 15 is 0 Å². The Morgan fingerprint density at radius 2 is 2.10 bits per heavy atom. The zero-order chi connectivity index (χ0) is 14.7. The Labute approximate surface area is 113 Å². The van der Waals surface area contributed by atoms with Gasteiger partial charge in [0.25, 0.3) is 0 Å². The Balaban J connectivity index is 2.34. The normalized spacial score (nSPS) is 10.1. The highest BCUT2D eigenvalue weighted by Gasteiger charge is 2.18. The minimum Gasteiger partial charge on any atom is -0.478 e. The van der Waals surface area contributed by atoms with Crippen molar-refractivity contribution >= 4 is 11.7 Å². The summed E-state index contributed by atoms with van der Waals surface area (Å²) in [6.45, 7) is 1.67. The first kappa shape index (κ1) is 13.5. The average molecular weight is 274 g/mol. The van der Waals surface area contributed by atoms with E-state index in [2.05, 4.69) is 4.98 Å². The minimum atomic E-state index is -1.11. The maximum atomic E-state index is 10.9. The molecule has 2 aromatic rings. The molecule has 0 aliphatic rings. The van der Waals surface area contributed by atoms with Crippen LogP contribution in [0.15, 0.2) is 36.5 Å². The molecule has 1 aromatic heterocycles. The number of nitro benzene ring substituents is 1. The maximum Gasteiger partial charge on any atom is 0.337 e. The van der Waals surface area contributed by atoms with Crippen LogP contribution in [0.4, 0.5) is 5.69 Å². The maximum absolute atomic E-state index is 10.9. The van der Waals surface area contributed by atoms with E-state index in [0.29, 0.717) is 5.56 Å². The van der Waals surface area contributed by atoms with Gasteiger partial charge in [-0.2, -0.15) is 0 Å². The Kier molecular flexibility index (Phi) is 3.60. The number of hydrogen-bond acceptors (Lipinski definition) is 5. The lowest BCUT2D eigenvalue weighted by atomic mass is 10.2. The molecule has 1 N–H and O–H groups in total. The summed E-state index contributed by atoms with van der Waals surface area (Å²) in [7, 11) is 0. The number of rotatable bonds is 4. The van der Waals surface area contributed by atoms with Crippen LogP contribution in [0.25, 0.3) is 0 Å². The quantitative estimate of drug-likeness (QED) is 0.679. The monoisotopic (exact) mass is 274 g/mol. The molecule has 7 nitrogen and oxygen atoms in total. The molecule has 2 rings (SSSR count). The van der Waals surface area contributed by atoms with Crippen molar-refractivity contribution in [3.8, 4) is 11.6 Å². The Hall–Kier alpha value is -2.96. The van der Waals surface area contributed by atoms with Gasteiger partial charge >= 0.3 is 11.7 Å². The molecule has 0 amide bonds. The van der Waals surface area contributed by atoms with Gasteiger partial charge in [0.05, 0.1) is 10.5 Å². The average Bonchev–Trinajstić information content (AvgIpc) is 2.41. The third-order valence-corrected chi connectivity index (χ3v) is 2.58. The van der Waals surface area contributed by atoms with E-state index in [0.717, 1.165) is 6.20 Å². The lowest BCUT2D eigenvalue weighted by Crippen LogP contribution is -1.99. The number of aromatic nitrogens is 1. The molecule has 102 valence electrons. The van der Waals surface area contributed by atoms with Crippen LogP contribution in [0, 0.1) is 17.0 Å². The van der Waals surface area contributed by atoms with E-state index < -0.39 is 10.9 Å². The second-order valence-corrected chi connectivity index (χ2v) is 3.97. The van der Waals surface area contributed by atoms with Gasteiger partial charge in [-0.1, -0.05) is 12.1 Å². The van der Waals surface area contributed by atoms with Gasteiger partial charge in [0.2, 0.25) is 11.6 Å². The van der Waals surface area contributed by atoms with Gasteiger partial charge in [0.15, 0.2) is 0 Å². The van der Waals surface area contributed by atoms with Crippen molar-refractivity contribution in [3.63, 3.8) is 0 Å². The van der Waals surface area contributed by atoms with Gasteiger partial charge < -0.3 is 9.84 Å². The van der Waals surface area contributed by atoms with Crippen molar-refractivity contribution < 1.29 is 19.6 Å². The van der Waals surface area contributed by atoms with Crippen molar-refractivity contribution in [1.29, 1.82) is 0 Å². The standard InChI is InChI=1S/C13H10N2O5/c1-8-3-2-4-10(15(18)19)12(8)20-11-6-5-9(7-14-11)13(16)17/h2-7H,1H3,(H,16,17). The highest BCUT2D eigenvalue weighted by Crippen LogP contribution is 2.33. The molecule has 0 aliphatic heterocycles. The Morgan fingerprint density at radius 3 is 2.65 bits per heavy atom. The SMILES string of the molecule is Cc1cccc([N+](=O)[O-])c1Oc1ccc(C(=O)O)cn1. The number of para-hydroxylation sites is 1. The number of aryl methyl sites for hydroxylation is 1. The predicted molar refractivity (Wildman–Crippen MR) is 69.1 cm³/mol. The van der Waals surface area contributed by atoms with Crippen LogP contribution in [0.5, 0.6) is 11.6 Å². The van der Waals surface area contributed by atoms with Crippen molar-refractivity contribution in [1.82, 2.24) is 4.98 Å². The fourth-order valence-electron chi connectivity index (χ4n) is 1.59. The number of benzene rings is 1. The molecular weight excluding hydrogens is 264 g/mol. The van der Waals surface area contributed by atoms with E-state index in [1.165, 1.54) is 18.2 Å². The summed E-state index contributed by atoms with van der Waals surface area (Å²) >= 11 is 0. The lowest BCUT2D eigenvalue weighted by Gasteiger charge is -2.08. The summed E-state index contributed by atoms with van der Waals surface area (Å²) < 4.78 is 5.39. The van der Waals surface area contributed by atoms with Gasteiger partial charge in [-0.3, -0.25) is 10.1 Å². The summed E-state index contributed by atoms with van der Waals surface area (Å²) in [6, 6.07) is 7.22. The Morgan fingerprint density at radius 1 is 1.35 bits per heavy atom. The summed E-state index contributed by atoms with van der Waals surface area (Å²) in [6.07, 6.45) is 1.13. The topological polar surface area (TPSA) is 103 Å². The number of aromatic carboxylic acids is 1. The first-order valence-electron chi connectivity index (χ1n) is 5.60. The number of pyridine rings is 1. The van der Waals surface area contributed by atoms with E-state index in [9.17, 15) is 14.9 Å². The molecule has 0 fully saturated rings. The van der Waals surface area contributed by atoms with Crippen LogP contribution in [-0.2, 0) is 0 Å². The van der Waals surface area contributed by atoms with E-state index in [-0.39, 0.29) is 22.9 Å². The smallest absolute Gasteiger partial charge is 0.337 e. The third-order valence-electron chi connectivity index (χ3n) is 2.58. The Bertz CT molecular complexity index is 667. The lowest BCUT2D eigenvalue weighted by molar-refractivity contribution is -0.385. The minimum absolute atomic E-state index is 0.0108. The summed E-state index contributed by atoms with van der Waals surface area (Å²) in [5.74, 6) is -0.925. The van der Waals surface area contributed by atoms with Gasteiger partial charge in [-0.15, -0.1) is 0 Å². The largest absolute Gasteiger partial charge is 0.478 e. The van der Waals surface area contributed by atoms with E-state index in [4.69, 9.17) is 9.84 Å².